The zero-order valence-corrected chi connectivity index (χ0v) is 10.0. The molecule has 0 unspecified atom stereocenters. The SMILES string of the molecule is CC(C)Cn1c(Cl)nc2ccccc2c1=O. The first kappa shape index (κ1) is 11.1. The van der Waals surface area contributed by atoms with E-state index >= 15 is 0 Å². The number of para-hydroxylation sites is 1. The first-order chi connectivity index (χ1) is 7.59. The van der Waals surface area contributed by atoms with E-state index in [4.69, 9.17) is 11.6 Å². The van der Waals surface area contributed by atoms with Gasteiger partial charge in [-0.2, -0.15) is 0 Å². The summed E-state index contributed by atoms with van der Waals surface area (Å²) in [5.41, 5.74) is 0.585. The summed E-state index contributed by atoms with van der Waals surface area (Å²) in [6.07, 6.45) is 0. The monoisotopic (exact) mass is 236 g/mol. The number of halogens is 1. The number of hydrogen-bond acceptors (Lipinski definition) is 2. The van der Waals surface area contributed by atoms with Gasteiger partial charge in [-0.25, -0.2) is 4.98 Å². The summed E-state index contributed by atoms with van der Waals surface area (Å²) in [4.78, 5) is 16.3. The van der Waals surface area contributed by atoms with Crippen LogP contribution < -0.4 is 5.56 Å². The quantitative estimate of drug-likeness (QED) is 0.752. The van der Waals surface area contributed by atoms with Crippen molar-refractivity contribution >= 4 is 22.5 Å². The number of benzene rings is 1. The Balaban J connectivity index is 2.71. The number of aromatic nitrogens is 2. The Morgan fingerprint density at radius 2 is 2.06 bits per heavy atom. The summed E-state index contributed by atoms with van der Waals surface area (Å²) in [7, 11) is 0. The maximum Gasteiger partial charge on any atom is 0.262 e. The third kappa shape index (κ3) is 1.95. The molecule has 0 N–H and O–H groups in total. The van der Waals surface area contributed by atoms with Crippen molar-refractivity contribution in [1.82, 2.24) is 9.55 Å². The first-order valence-corrected chi connectivity index (χ1v) is 5.62. The number of fused-ring (bicyclic) bond motifs is 1. The maximum absolute atomic E-state index is 12.1. The molecule has 0 aliphatic carbocycles. The summed E-state index contributed by atoms with van der Waals surface area (Å²) in [5, 5.41) is 0.880. The van der Waals surface area contributed by atoms with Crippen LogP contribution in [0.25, 0.3) is 10.9 Å². The van der Waals surface area contributed by atoms with E-state index in [0.717, 1.165) is 0 Å². The Morgan fingerprint density at radius 1 is 1.38 bits per heavy atom. The molecule has 4 heteroatoms. The van der Waals surface area contributed by atoms with E-state index in [1.54, 1.807) is 12.1 Å². The second kappa shape index (κ2) is 4.26. The Morgan fingerprint density at radius 3 is 2.75 bits per heavy atom. The Labute approximate surface area is 98.7 Å². The molecule has 0 aliphatic heterocycles. The summed E-state index contributed by atoms with van der Waals surface area (Å²) in [5.74, 6) is 0.359. The molecule has 16 heavy (non-hydrogen) atoms. The standard InChI is InChI=1S/C12H13ClN2O/c1-8(2)7-15-11(16)9-5-3-4-6-10(9)14-12(15)13/h3-6,8H,7H2,1-2H3. The van der Waals surface area contributed by atoms with Gasteiger partial charge in [-0.3, -0.25) is 9.36 Å². The molecule has 0 saturated heterocycles. The van der Waals surface area contributed by atoms with Gasteiger partial charge in [-0.05, 0) is 29.7 Å². The van der Waals surface area contributed by atoms with Crippen molar-refractivity contribution < 1.29 is 0 Å². The predicted molar refractivity (Wildman–Crippen MR) is 65.9 cm³/mol. The molecule has 1 heterocycles. The van der Waals surface area contributed by atoms with Crippen molar-refractivity contribution in [2.24, 2.45) is 5.92 Å². The van der Waals surface area contributed by atoms with Crippen LogP contribution in [0.1, 0.15) is 13.8 Å². The molecule has 0 atom stereocenters. The molecule has 0 spiro atoms. The van der Waals surface area contributed by atoms with Crippen LogP contribution in [-0.4, -0.2) is 9.55 Å². The van der Waals surface area contributed by atoms with E-state index in [0.29, 0.717) is 23.4 Å². The van der Waals surface area contributed by atoms with Gasteiger partial charge in [0.2, 0.25) is 5.28 Å². The zero-order valence-electron chi connectivity index (χ0n) is 9.27. The molecular formula is C12H13ClN2O. The van der Waals surface area contributed by atoms with E-state index in [-0.39, 0.29) is 10.8 Å². The lowest BCUT2D eigenvalue weighted by Gasteiger charge is -2.11. The normalized spacial score (nSPS) is 11.2. The lowest BCUT2D eigenvalue weighted by Crippen LogP contribution is -2.24. The maximum atomic E-state index is 12.1. The fourth-order valence-corrected chi connectivity index (χ4v) is 1.90. The summed E-state index contributed by atoms with van der Waals surface area (Å²) in [6, 6.07) is 7.25. The highest BCUT2D eigenvalue weighted by Gasteiger charge is 2.09. The van der Waals surface area contributed by atoms with E-state index in [1.807, 2.05) is 26.0 Å². The molecule has 0 amide bonds. The highest BCUT2D eigenvalue weighted by atomic mass is 35.5. The number of nitrogens with zero attached hydrogens (tertiary/aromatic N) is 2. The minimum atomic E-state index is -0.0655. The molecule has 0 fully saturated rings. The number of rotatable bonds is 2. The first-order valence-electron chi connectivity index (χ1n) is 5.24. The molecule has 0 bridgehead atoms. The second-order valence-electron chi connectivity index (χ2n) is 4.21. The van der Waals surface area contributed by atoms with E-state index in [1.165, 1.54) is 4.57 Å². The van der Waals surface area contributed by atoms with Gasteiger partial charge in [0.1, 0.15) is 0 Å². The molecule has 1 aromatic carbocycles. The fourth-order valence-electron chi connectivity index (χ4n) is 1.66. The van der Waals surface area contributed by atoms with Crippen LogP contribution in [-0.2, 0) is 6.54 Å². The Bertz CT molecular complexity index is 575. The third-order valence-electron chi connectivity index (χ3n) is 2.36. The van der Waals surface area contributed by atoms with E-state index in [2.05, 4.69) is 4.98 Å². The van der Waals surface area contributed by atoms with Gasteiger partial charge >= 0.3 is 0 Å². The molecule has 0 radical (unpaired) electrons. The smallest absolute Gasteiger partial charge is 0.262 e. The van der Waals surface area contributed by atoms with Gasteiger partial charge in [0, 0.05) is 6.54 Å². The van der Waals surface area contributed by atoms with Crippen molar-refractivity contribution in [1.29, 1.82) is 0 Å². The van der Waals surface area contributed by atoms with Gasteiger partial charge in [0.25, 0.3) is 5.56 Å². The predicted octanol–water partition coefficient (Wildman–Crippen LogP) is 2.71. The third-order valence-corrected chi connectivity index (χ3v) is 2.65. The van der Waals surface area contributed by atoms with Crippen LogP contribution in [0.3, 0.4) is 0 Å². The van der Waals surface area contributed by atoms with E-state index < -0.39 is 0 Å². The average Bonchev–Trinajstić information content (AvgIpc) is 2.24. The van der Waals surface area contributed by atoms with Gasteiger partial charge in [-0.1, -0.05) is 26.0 Å². The minimum Gasteiger partial charge on any atom is -0.283 e. The van der Waals surface area contributed by atoms with Crippen molar-refractivity contribution in [3.05, 3.63) is 39.9 Å². The van der Waals surface area contributed by atoms with Gasteiger partial charge in [0.15, 0.2) is 0 Å². The minimum absolute atomic E-state index is 0.0655. The lowest BCUT2D eigenvalue weighted by atomic mass is 10.2. The zero-order chi connectivity index (χ0) is 11.7. The highest BCUT2D eigenvalue weighted by molar-refractivity contribution is 6.28. The summed E-state index contributed by atoms with van der Waals surface area (Å²) < 4.78 is 1.52. The molecule has 0 saturated carbocycles. The van der Waals surface area contributed by atoms with Crippen LogP contribution in [0, 0.1) is 5.92 Å². The van der Waals surface area contributed by atoms with Gasteiger partial charge in [-0.15, -0.1) is 0 Å². The Hall–Kier alpha value is -1.35. The number of hydrogen-bond donors (Lipinski definition) is 0. The fraction of sp³-hybridized carbons (Fsp3) is 0.333. The van der Waals surface area contributed by atoms with Gasteiger partial charge < -0.3 is 0 Å². The summed E-state index contributed by atoms with van der Waals surface area (Å²) >= 11 is 6.00. The molecule has 2 rings (SSSR count). The molecular weight excluding hydrogens is 224 g/mol. The van der Waals surface area contributed by atoms with Crippen LogP contribution in [0.2, 0.25) is 5.28 Å². The summed E-state index contributed by atoms with van der Waals surface area (Å²) in [6.45, 7) is 4.67. The largest absolute Gasteiger partial charge is 0.283 e. The van der Waals surface area contributed by atoms with E-state index in [9.17, 15) is 4.79 Å². The average molecular weight is 237 g/mol. The van der Waals surface area contributed by atoms with Crippen LogP contribution >= 0.6 is 11.6 Å². The molecule has 1 aromatic heterocycles. The second-order valence-corrected chi connectivity index (χ2v) is 4.55. The molecule has 84 valence electrons. The van der Waals surface area contributed by atoms with Crippen molar-refractivity contribution in [2.75, 3.05) is 0 Å². The van der Waals surface area contributed by atoms with Crippen LogP contribution in [0.4, 0.5) is 0 Å². The molecule has 2 aromatic rings. The molecule has 0 aliphatic rings. The molecule has 3 nitrogen and oxygen atoms in total. The lowest BCUT2D eigenvalue weighted by molar-refractivity contribution is 0.509. The topological polar surface area (TPSA) is 34.9 Å². The van der Waals surface area contributed by atoms with Gasteiger partial charge in [0.05, 0.1) is 10.9 Å². The van der Waals surface area contributed by atoms with Crippen molar-refractivity contribution in [3.8, 4) is 0 Å². The van der Waals surface area contributed by atoms with Crippen LogP contribution in [0.5, 0.6) is 0 Å². The van der Waals surface area contributed by atoms with Crippen LogP contribution in [0.15, 0.2) is 29.1 Å². The highest BCUT2D eigenvalue weighted by Crippen LogP contribution is 2.12. The van der Waals surface area contributed by atoms with Crippen molar-refractivity contribution in [2.45, 2.75) is 20.4 Å². The van der Waals surface area contributed by atoms with Crippen molar-refractivity contribution in [3.63, 3.8) is 0 Å². The Kier molecular flexibility index (Phi) is 2.97.